The first kappa shape index (κ1) is 16.2. The quantitative estimate of drug-likeness (QED) is 0.823. The Morgan fingerprint density at radius 1 is 1.28 bits per heavy atom. The van der Waals surface area contributed by atoms with Crippen LogP contribution in [-0.4, -0.2) is 41.1 Å². The van der Waals surface area contributed by atoms with Crippen LogP contribution in [0.4, 0.5) is 5.69 Å². The van der Waals surface area contributed by atoms with E-state index in [0.29, 0.717) is 16.6 Å². The summed E-state index contributed by atoms with van der Waals surface area (Å²) in [5.41, 5.74) is 0.656. The molecule has 130 valence electrons. The fourth-order valence-electron chi connectivity index (χ4n) is 2.56. The zero-order chi connectivity index (χ0) is 17.4. The maximum Gasteiger partial charge on any atom is 0.267 e. The topological polar surface area (TPSA) is 71.0 Å². The van der Waals surface area contributed by atoms with Crippen molar-refractivity contribution in [2.24, 2.45) is 4.99 Å². The maximum atomic E-state index is 12.6. The van der Waals surface area contributed by atoms with Crippen molar-refractivity contribution in [3.8, 4) is 5.75 Å². The molecule has 4 rings (SSSR count). The second-order valence-corrected chi connectivity index (χ2v) is 7.39. The van der Waals surface area contributed by atoms with Gasteiger partial charge in [-0.15, -0.1) is 0 Å². The van der Waals surface area contributed by atoms with Crippen molar-refractivity contribution in [3.05, 3.63) is 35.2 Å². The number of amides is 2. The summed E-state index contributed by atoms with van der Waals surface area (Å²) in [6, 6.07) is 7.67. The fraction of sp³-hybridized carbons (Fsp3) is 0.389. The van der Waals surface area contributed by atoms with Crippen LogP contribution in [0, 0.1) is 0 Å². The van der Waals surface area contributed by atoms with Crippen LogP contribution in [0.2, 0.25) is 0 Å². The van der Waals surface area contributed by atoms with Gasteiger partial charge in [0.1, 0.15) is 5.75 Å². The number of methoxy groups -OCH3 is 1. The lowest BCUT2D eigenvalue weighted by atomic mass is 10.3. The Balaban J connectivity index is 1.47. The van der Waals surface area contributed by atoms with E-state index in [1.165, 1.54) is 17.8 Å². The van der Waals surface area contributed by atoms with Gasteiger partial charge in [0.2, 0.25) is 5.91 Å². The van der Waals surface area contributed by atoms with Crippen molar-refractivity contribution in [2.45, 2.75) is 37.8 Å². The molecule has 3 aliphatic rings. The highest BCUT2D eigenvalue weighted by Gasteiger charge is 2.43. The molecule has 0 bridgehead atoms. The first-order chi connectivity index (χ1) is 12.1. The van der Waals surface area contributed by atoms with Gasteiger partial charge < -0.3 is 10.1 Å². The molecule has 3 fully saturated rings. The van der Waals surface area contributed by atoms with Crippen LogP contribution >= 0.6 is 11.8 Å². The van der Waals surface area contributed by atoms with E-state index in [-0.39, 0.29) is 17.9 Å². The van der Waals surface area contributed by atoms with Crippen LogP contribution in [0.3, 0.4) is 0 Å². The van der Waals surface area contributed by atoms with E-state index in [4.69, 9.17) is 4.74 Å². The second-order valence-electron chi connectivity index (χ2n) is 6.38. The van der Waals surface area contributed by atoms with Crippen molar-refractivity contribution >= 4 is 34.4 Å². The van der Waals surface area contributed by atoms with E-state index in [0.717, 1.165) is 36.6 Å². The molecule has 6 nitrogen and oxygen atoms in total. The first-order valence-corrected chi connectivity index (χ1v) is 9.21. The van der Waals surface area contributed by atoms with Gasteiger partial charge in [0.15, 0.2) is 5.17 Å². The third-order valence-electron chi connectivity index (χ3n) is 4.21. The van der Waals surface area contributed by atoms with Gasteiger partial charge in [-0.25, -0.2) is 0 Å². The molecule has 1 aliphatic heterocycles. The number of hydrogen-bond acceptors (Lipinski definition) is 5. The van der Waals surface area contributed by atoms with Gasteiger partial charge >= 0.3 is 0 Å². The first-order valence-electron chi connectivity index (χ1n) is 8.40. The van der Waals surface area contributed by atoms with Crippen molar-refractivity contribution in [1.29, 1.82) is 0 Å². The summed E-state index contributed by atoms with van der Waals surface area (Å²) in [6.07, 6.45) is 5.59. The van der Waals surface area contributed by atoms with Gasteiger partial charge in [-0.3, -0.25) is 19.5 Å². The molecule has 1 aromatic carbocycles. The highest BCUT2D eigenvalue weighted by molar-refractivity contribution is 8.18. The molecular formula is C18H19N3O3S. The largest absolute Gasteiger partial charge is 0.497 e. The molecule has 1 saturated heterocycles. The average Bonchev–Trinajstić information content (AvgIpc) is 3.51. The van der Waals surface area contributed by atoms with E-state index in [1.54, 1.807) is 36.3 Å². The van der Waals surface area contributed by atoms with E-state index in [2.05, 4.69) is 10.3 Å². The molecule has 7 heteroatoms. The van der Waals surface area contributed by atoms with E-state index >= 15 is 0 Å². The second kappa shape index (κ2) is 6.55. The molecule has 0 aromatic heterocycles. The Hall–Kier alpha value is -2.28. The maximum absolute atomic E-state index is 12.6. The summed E-state index contributed by atoms with van der Waals surface area (Å²) < 4.78 is 5.09. The Kier molecular flexibility index (Phi) is 4.25. The number of hydrogen-bond donors (Lipinski definition) is 1. The number of amidine groups is 1. The Morgan fingerprint density at radius 3 is 2.60 bits per heavy atom. The minimum Gasteiger partial charge on any atom is -0.497 e. The Bertz CT molecular complexity index is 764. The smallest absolute Gasteiger partial charge is 0.267 e. The molecular weight excluding hydrogens is 338 g/mol. The summed E-state index contributed by atoms with van der Waals surface area (Å²) in [6.45, 7) is 0. The molecule has 1 aromatic rings. The van der Waals surface area contributed by atoms with Crippen molar-refractivity contribution in [1.82, 2.24) is 4.90 Å². The van der Waals surface area contributed by atoms with Crippen molar-refractivity contribution < 1.29 is 14.3 Å². The molecule has 1 N–H and O–H groups in total. The predicted molar refractivity (Wildman–Crippen MR) is 97.6 cm³/mol. The monoisotopic (exact) mass is 357 g/mol. The van der Waals surface area contributed by atoms with Crippen LogP contribution in [-0.2, 0) is 9.59 Å². The minimum atomic E-state index is -0.315. The third-order valence-corrected chi connectivity index (χ3v) is 5.21. The number of ether oxygens (including phenoxy) is 1. The molecule has 2 aliphatic carbocycles. The minimum absolute atomic E-state index is 0.100. The number of nitrogens with one attached hydrogen (secondary N) is 1. The van der Waals surface area contributed by atoms with Crippen molar-refractivity contribution in [3.63, 3.8) is 0 Å². The summed E-state index contributed by atoms with van der Waals surface area (Å²) in [5, 5.41) is 3.54. The fourth-order valence-corrected chi connectivity index (χ4v) is 3.64. The van der Waals surface area contributed by atoms with E-state index in [9.17, 15) is 9.59 Å². The third kappa shape index (κ3) is 3.71. The number of rotatable bonds is 5. The van der Waals surface area contributed by atoms with Crippen LogP contribution in [0.1, 0.15) is 25.7 Å². The Morgan fingerprint density at radius 2 is 2.00 bits per heavy atom. The average molecular weight is 357 g/mol. The SMILES string of the molecule is COc1ccc(NC(=O)C=C2SC(=NC3CC3)N(C3CC3)C2=O)cc1. The van der Waals surface area contributed by atoms with Crippen LogP contribution in [0.5, 0.6) is 5.75 Å². The summed E-state index contributed by atoms with van der Waals surface area (Å²) >= 11 is 1.32. The van der Waals surface area contributed by atoms with Gasteiger partial charge in [0.25, 0.3) is 5.91 Å². The van der Waals surface area contributed by atoms with Crippen LogP contribution in [0.15, 0.2) is 40.2 Å². The molecule has 0 spiro atoms. The Labute approximate surface area is 150 Å². The normalized spacial score (nSPS) is 23.4. The molecule has 0 atom stereocenters. The number of carbonyl (C=O) groups excluding carboxylic acids is 2. The number of aliphatic imine (C=N–C) groups is 1. The molecule has 2 amide bonds. The number of thioether (sulfide) groups is 1. The number of carbonyl (C=O) groups is 2. The lowest BCUT2D eigenvalue weighted by Gasteiger charge is -2.13. The number of nitrogens with zero attached hydrogens (tertiary/aromatic N) is 2. The van der Waals surface area contributed by atoms with Gasteiger partial charge in [-0.2, -0.15) is 0 Å². The molecule has 0 unspecified atom stereocenters. The predicted octanol–water partition coefficient (Wildman–Crippen LogP) is 2.77. The van der Waals surface area contributed by atoms with Crippen LogP contribution in [0.25, 0.3) is 0 Å². The standard InChI is InChI=1S/C18H19N3O3S/c1-24-14-8-4-11(5-9-14)19-16(22)10-15-17(23)21(13-6-7-13)18(25-15)20-12-2-3-12/h4-5,8-10,12-13H,2-3,6-7H2,1H3,(H,19,22). The van der Waals surface area contributed by atoms with E-state index < -0.39 is 0 Å². The molecule has 0 radical (unpaired) electrons. The van der Waals surface area contributed by atoms with Crippen molar-refractivity contribution in [2.75, 3.05) is 12.4 Å². The molecule has 25 heavy (non-hydrogen) atoms. The van der Waals surface area contributed by atoms with Gasteiger partial charge in [0, 0.05) is 17.8 Å². The summed E-state index contributed by atoms with van der Waals surface area (Å²) in [4.78, 5) is 31.7. The lowest BCUT2D eigenvalue weighted by Crippen LogP contribution is -2.31. The molecule has 2 saturated carbocycles. The zero-order valence-corrected chi connectivity index (χ0v) is 14.7. The van der Waals surface area contributed by atoms with E-state index in [1.807, 2.05) is 0 Å². The van der Waals surface area contributed by atoms with Gasteiger partial charge in [0.05, 0.1) is 18.1 Å². The highest BCUT2D eigenvalue weighted by Crippen LogP contribution is 2.40. The van der Waals surface area contributed by atoms with Crippen LogP contribution < -0.4 is 10.1 Å². The van der Waals surface area contributed by atoms with Gasteiger partial charge in [-0.1, -0.05) is 0 Å². The molecule has 1 heterocycles. The number of benzene rings is 1. The highest BCUT2D eigenvalue weighted by atomic mass is 32.2. The number of anilines is 1. The zero-order valence-electron chi connectivity index (χ0n) is 13.9. The summed E-state index contributed by atoms with van der Waals surface area (Å²) in [7, 11) is 1.59. The lowest BCUT2D eigenvalue weighted by molar-refractivity contribution is -0.123. The van der Waals surface area contributed by atoms with Gasteiger partial charge in [-0.05, 0) is 61.7 Å². The summed E-state index contributed by atoms with van der Waals surface area (Å²) in [5.74, 6) is 0.306.